The molecular formula is C18H20N2O. The van der Waals surface area contributed by atoms with Crippen LogP contribution < -0.4 is 5.32 Å². The number of aromatic nitrogens is 1. The molecular weight excluding hydrogens is 260 g/mol. The van der Waals surface area contributed by atoms with Crippen LogP contribution in [0.4, 0.5) is 0 Å². The van der Waals surface area contributed by atoms with Gasteiger partial charge >= 0.3 is 0 Å². The second kappa shape index (κ2) is 6.12. The first-order valence-electron chi connectivity index (χ1n) is 7.22. The van der Waals surface area contributed by atoms with Crippen LogP contribution in [0, 0.1) is 0 Å². The number of hydrogen-bond acceptors (Lipinski definition) is 2. The van der Waals surface area contributed by atoms with E-state index in [1.54, 1.807) is 0 Å². The van der Waals surface area contributed by atoms with Crippen LogP contribution in [-0.4, -0.2) is 16.7 Å². The summed E-state index contributed by atoms with van der Waals surface area (Å²) in [5.74, 6) is 0. The highest BCUT2D eigenvalue weighted by atomic mass is 16.3. The maximum absolute atomic E-state index is 9.11. The van der Waals surface area contributed by atoms with Crippen LogP contribution in [0.5, 0.6) is 0 Å². The molecule has 0 amide bonds. The van der Waals surface area contributed by atoms with Crippen molar-refractivity contribution in [1.82, 2.24) is 9.88 Å². The lowest BCUT2D eigenvalue weighted by atomic mass is 10.1. The molecule has 0 fully saturated rings. The molecule has 0 aliphatic rings. The van der Waals surface area contributed by atoms with Gasteiger partial charge < -0.3 is 15.0 Å². The summed E-state index contributed by atoms with van der Waals surface area (Å²) in [5.41, 5.74) is 4.77. The molecule has 2 aromatic carbocycles. The van der Waals surface area contributed by atoms with E-state index in [9.17, 15) is 0 Å². The third kappa shape index (κ3) is 2.84. The molecule has 0 aliphatic carbocycles. The van der Waals surface area contributed by atoms with Gasteiger partial charge in [0.1, 0.15) is 0 Å². The maximum atomic E-state index is 9.11. The second-order valence-corrected chi connectivity index (χ2v) is 5.30. The number of rotatable bonds is 5. The Bertz CT molecular complexity index is 729. The summed E-state index contributed by atoms with van der Waals surface area (Å²) in [7, 11) is 1.97. The molecule has 2 N–H and O–H groups in total. The molecule has 3 aromatic rings. The Kier molecular flexibility index (Phi) is 4.04. The molecule has 0 bridgehead atoms. The third-order valence-electron chi connectivity index (χ3n) is 3.80. The number of aliphatic hydroxyl groups excluding tert-OH is 1. The van der Waals surface area contributed by atoms with Gasteiger partial charge in [-0.15, -0.1) is 0 Å². The lowest BCUT2D eigenvalue weighted by Crippen LogP contribution is -2.04. The Morgan fingerprint density at radius 2 is 1.71 bits per heavy atom. The van der Waals surface area contributed by atoms with Gasteiger partial charge in [0, 0.05) is 30.2 Å². The summed E-state index contributed by atoms with van der Waals surface area (Å²) in [4.78, 5) is 0. The molecule has 3 nitrogen and oxygen atoms in total. The maximum Gasteiger partial charge on any atom is 0.0681 e. The molecule has 21 heavy (non-hydrogen) atoms. The van der Waals surface area contributed by atoms with Gasteiger partial charge in [0.05, 0.1) is 6.61 Å². The molecule has 108 valence electrons. The minimum Gasteiger partial charge on any atom is -0.392 e. The summed E-state index contributed by atoms with van der Waals surface area (Å²) in [5, 5.41) is 13.6. The van der Waals surface area contributed by atoms with Gasteiger partial charge in [-0.05, 0) is 29.8 Å². The summed E-state index contributed by atoms with van der Waals surface area (Å²) >= 11 is 0. The van der Waals surface area contributed by atoms with E-state index >= 15 is 0 Å². The van der Waals surface area contributed by atoms with E-state index in [1.807, 2.05) is 19.2 Å². The first-order chi connectivity index (χ1) is 10.3. The normalized spacial score (nSPS) is 11.1. The Labute approximate surface area is 124 Å². The zero-order valence-corrected chi connectivity index (χ0v) is 12.2. The number of nitrogens with zero attached hydrogens (tertiary/aromatic N) is 1. The highest BCUT2D eigenvalue weighted by molar-refractivity contribution is 5.84. The standard InChI is InChI=1S/C18H20N2O/c1-19-10-16-12-20(18-5-3-2-4-17(16)18)11-14-6-8-15(13-21)9-7-14/h2-9,12,19,21H,10-11,13H2,1H3. The Hall–Kier alpha value is -2.10. The largest absolute Gasteiger partial charge is 0.392 e. The van der Waals surface area contributed by atoms with Gasteiger partial charge in [0.15, 0.2) is 0 Å². The van der Waals surface area contributed by atoms with Gasteiger partial charge in [-0.3, -0.25) is 0 Å². The average molecular weight is 280 g/mol. The summed E-state index contributed by atoms with van der Waals surface area (Å²) in [6, 6.07) is 16.6. The zero-order chi connectivity index (χ0) is 14.7. The SMILES string of the molecule is CNCc1cn(Cc2ccc(CO)cc2)c2ccccc12. The monoisotopic (exact) mass is 280 g/mol. The van der Waals surface area contributed by atoms with Crippen molar-refractivity contribution in [2.24, 2.45) is 0 Å². The van der Waals surface area contributed by atoms with Crippen LogP contribution in [0.25, 0.3) is 10.9 Å². The van der Waals surface area contributed by atoms with Crippen molar-refractivity contribution >= 4 is 10.9 Å². The van der Waals surface area contributed by atoms with Crippen molar-refractivity contribution in [2.45, 2.75) is 19.7 Å². The smallest absolute Gasteiger partial charge is 0.0681 e. The van der Waals surface area contributed by atoms with Gasteiger partial charge in [0.2, 0.25) is 0 Å². The Balaban J connectivity index is 1.95. The molecule has 0 unspecified atom stereocenters. The van der Waals surface area contributed by atoms with E-state index in [0.29, 0.717) is 0 Å². The van der Waals surface area contributed by atoms with Gasteiger partial charge in [-0.25, -0.2) is 0 Å². The molecule has 3 heteroatoms. The first kappa shape index (κ1) is 13.9. The van der Waals surface area contributed by atoms with Crippen molar-refractivity contribution in [1.29, 1.82) is 0 Å². The predicted molar refractivity (Wildman–Crippen MR) is 86.2 cm³/mol. The van der Waals surface area contributed by atoms with Crippen molar-refractivity contribution in [3.05, 3.63) is 71.4 Å². The number of aliphatic hydroxyl groups is 1. The fourth-order valence-electron chi connectivity index (χ4n) is 2.73. The van der Waals surface area contributed by atoms with Crippen molar-refractivity contribution in [2.75, 3.05) is 7.05 Å². The number of nitrogens with one attached hydrogen (secondary N) is 1. The summed E-state index contributed by atoms with van der Waals surface area (Å²) < 4.78 is 2.29. The topological polar surface area (TPSA) is 37.2 Å². The molecule has 0 aliphatic heterocycles. The van der Waals surface area contributed by atoms with Crippen LogP contribution in [-0.2, 0) is 19.7 Å². The lowest BCUT2D eigenvalue weighted by Gasteiger charge is -2.06. The van der Waals surface area contributed by atoms with E-state index in [4.69, 9.17) is 5.11 Å². The molecule has 1 heterocycles. The number of benzene rings is 2. The van der Waals surface area contributed by atoms with Crippen LogP contribution in [0.1, 0.15) is 16.7 Å². The van der Waals surface area contributed by atoms with E-state index in [2.05, 4.69) is 52.5 Å². The van der Waals surface area contributed by atoms with E-state index in [0.717, 1.165) is 18.7 Å². The van der Waals surface area contributed by atoms with Crippen LogP contribution in [0.2, 0.25) is 0 Å². The van der Waals surface area contributed by atoms with E-state index in [1.165, 1.54) is 22.0 Å². The third-order valence-corrected chi connectivity index (χ3v) is 3.80. The van der Waals surface area contributed by atoms with Crippen molar-refractivity contribution in [3.8, 4) is 0 Å². The van der Waals surface area contributed by atoms with Crippen molar-refractivity contribution in [3.63, 3.8) is 0 Å². The minimum absolute atomic E-state index is 0.0963. The fraction of sp³-hybridized carbons (Fsp3) is 0.222. The van der Waals surface area contributed by atoms with Crippen LogP contribution in [0.3, 0.4) is 0 Å². The molecule has 0 saturated carbocycles. The lowest BCUT2D eigenvalue weighted by molar-refractivity contribution is 0.282. The first-order valence-corrected chi connectivity index (χ1v) is 7.22. The second-order valence-electron chi connectivity index (χ2n) is 5.30. The highest BCUT2D eigenvalue weighted by Crippen LogP contribution is 2.22. The number of hydrogen-bond donors (Lipinski definition) is 2. The van der Waals surface area contributed by atoms with Gasteiger partial charge in [-0.1, -0.05) is 42.5 Å². The van der Waals surface area contributed by atoms with Crippen LogP contribution in [0.15, 0.2) is 54.7 Å². The molecule has 0 saturated heterocycles. The average Bonchev–Trinajstić information content (AvgIpc) is 2.87. The molecule has 1 aromatic heterocycles. The fourth-order valence-corrected chi connectivity index (χ4v) is 2.73. The Morgan fingerprint density at radius 3 is 2.43 bits per heavy atom. The van der Waals surface area contributed by atoms with Crippen molar-refractivity contribution < 1.29 is 5.11 Å². The Morgan fingerprint density at radius 1 is 1.00 bits per heavy atom. The zero-order valence-electron chi connectivity index (χ0n) is 12.2. The molecule has 0 atom stereocenters. The van der Waals surface area contributed by atoms with Gasteiger partial charge in [0.25, 0.3) is 0 Å². The summed E-state index contributed by atoms with van der Waals surface area (Å²) in [6.45, 7) is 1.81. The van der Waals surface area contributed by atoms with Gasteiger partial charge in [-0.2, -0.15) is 0 Å². The minimum atomic E-state index is 0.0963. The molecule has 0 spiro atoms. The predicted octanol–water partition coefficient (Wildman–Crippen LogP) is 2.90. The number of para-hydroxylation sites is 1. The summed E-state index contributed by atoms with van der Waals surface area (Å²) in [6.07, 6.45) is 2.22. The van der Waals surface area contributed by atoms with E-state index < -0.39 is 0 Å². The van der Waals surface area contributed by atoms with Crippen LogP contribution >= 0.6 is 0 Å². The highest BCUT2D eigenvalue weighted by Gasteiger charge is 2.07. The van der Waals surface area contributed by atoms with E-state index in [-0.39, 0.29) is 6.61 Å². The molecule has 3 rings (SSSR count). The number of fused-ring (bicyclic) bond motifs is 1. The quantitative estimate of drug-likeness (QED) is 0.754. The molecule has 0 radical (unpaired) electrons.